The van der Waals surface area contributed by atoms with E-state index in [4.69, 9.17) is 5.73 Å². The SMILES string of the molecule is CC(O)C(NC(=O)CCc1ccccc1)C(N)=O. The zero-order valence-electron chi connectivity index (χ0n) is 10.3. The van der Waals surface area contributed by atoms with E-state index in [0.717, 1.165) is 5.56 Å². The van der Waals surface area contributed by atoms with Gasteiger partial charge in [-0.3, -0.25) is 9.59 Å². The van der Waals surface area contributed by atoms with Gasteiger partial charge >= 0.3 is 0 Å². The van der Waals surface area contributed by atoms with E-state index in [-0.39, 0.29) is 12.3 Å². The molecule has 18 heavy (non-hydrogen) atoms. The molecule has 2 atom stereocenters. The summed E-state index contributed by atoms with van der Waals surface area (Å²) in [5, 5.41) is 11.7. The highest BCUT2D eigenvalue weighted by molar-refractivity contribution is 5.87. The molecule has 0 radical (unpaired) electrons. The van der Waals surface area contributed by atoms with Crippen LogP contribution in [-0.2, 0) is 16.0 Å². The highest BCUT2D eigenvalue weighted by Gasteiger charge is 2.22. The number of primary amides is 1. The third kappa shape index (κ3) is 4.55. The Bertz CT molecular complexity index is 404. The van der Waals surface area contributed by atoms with Crippen LogP contribution in [-0.4, -0.2) is 29.1 Å². The van der Waals surface area contributed by atoms with Crippen molar-refractivity contribution in [2.75, 3.05) is 0 Å². The Labute approximate surface area is 106 Å². The van der Waals surface area contributed by atoms with Crippen LogP contribution in [0.15, 0.2) is 30.3 Å². The maximum absolute atomic E-state index is 11.6. The van der Waals surface area contributed by atoms with Crippen LogP contribution in [0.1, 0.15) is 18.9 Å². The number of hydrogen-bond acceptors (Lipinski definition) is 3. The minimum atomic E-state index is -1.03. The van der Waals surface area contributed by atoms with Crippen LogP contribution < -0.4 is 11.1 Å². The molecule has 4 N–H and O–H groups in total. The van der Waals surface area contributed by atoms with Crippen molar-refractivity contribution in [2.45, 2.75) is 31.9 Å². The summed E-state index contributed by atoms with van der Waals surface area (Å²) in [4.78, 5) is 22.6. The molecule has 0 aliphatic carbocycles. The Morgan fingerprint density at radius 3 is 2.44 bits per heavy atom. The minimum absolute atomic E-state index is 0.251. The molecule has 0 fully saturated rings. The van der Waals surface area contributed by atoms with Crippen molar-refractivity contribution < 1.29 is 14.7 Å². The zero-order valence-corrected chi connectivity index (χ0v) is 10.3. The second-order valence-electron chi connectivity index (χ2n) is 4.17. The molecule has 0 heterocycles. The largest absolute Gasteiger partial charge is 0.391 e. The number of carbonyl (C=O) groups excluding carboxylic acids is 2. The van der Waals surface area contributed by atoms with E-state index in [1.807, 2.05) is 30.3 Å². The topological polar surface area (TPSA) is 92.4 Å². The highest BCUT2D eigenvalue weighted by atomic mass is 16.3. The van der Waals surface area contributed by atoms with Crippen LogP contribution in [0, 0.1) is 0 Å². The first-order chi connectivity index (χ1) is 8.50. The average molecular weight is 250 g/mol. The summed E-state index contributed by atoms with van der Waals surface area (Å²) < 4.78 is 0. The van der Waals surface area contributed by atoms with Crippen LogP contribution in [0.3, 0.4) is 0 Å². The number of rotatable bonds is 6. The predicted molar refractivity (Wildman–Crippen MR) is 67.6 cm³/mol. The molecule has 2 unspecified atom stereocenters. The van der Waals surface area contributed by atoms with Crippen molar-refractivity contribution in [3.8, 4) is 0 Å². The van der Waals surface area contributed by atoms with Gasteiger partial charge in [-0.15, -0.1) is 0 Å². The standard InChI is InChI=1S/C13H18N2O3/c1-9(16)12(13(14)18)15-11(17)8-7-10-5-3-2-4-6-10/h2-6,9,12,16H,7-8H2,1H3,(H2,14,18)(H,15,17). The third-order valence-corrected chi connectivity index (χ3v) is 2.59. The normalized spacial score (nSPS) is 13.7. The molecule has 0 spiro atoms. The molecule has 2 amide bonds. The fourth-order valence-electron chi connectivity index (χ4n) is 1.58. The number of aryl methyl sites for hydroxylation is 1. The van der Waals surface area contributed by atoms with Gasteiger partial charge in [-0.25, -0.2) is 0 Å². The Balaban J connectivity index is 2.44. The van der Waals surface area contributed by atoms with Gasteiger partial charge in [-0.1, -0.05) is 30.3 Å². The van der Waals surface area contributed by atoms with Gasteiger partial charge in [-0.2, -0.15) is 0 Å². The minimum Gasteiger partial charge on any atom is -0.391 e. The van der Waals surface area contributed by atoms with Crippen molar-refractivity contribution in [1.82, 2.24) is 5.32 Å². The van der Waals surface area contributed by atoms with Gasteiger partial charge in [0, 0.05) is 6.42 Å². The van der Waals surface area contributed by atoms with Crippen molar-refractivity contribution in [2.24, 2.45) is 5.73 Å². The summed E-state index contributed by atoms with van der Waals surface area (Å²) in [6, 6.07) is 8.51. The number of benzene rings is 1. The average Bonchev–Trinajstić information content (AvgIpc) is 2.34. The molecule has 0 saturated carbocycles. The van der Waals surface area contributed by atoms with Crippen LogP contribution in [0.25, 0.3) is 0 Å². The Morgan fingerprint density at radius 2 is 1.94 bits per heavy atom. The Kier molecular flexibility index (Phi) is 5.32. The number of nitrogens with one attached hydrogen (secondary N) is 1. The molecular weight excluding hydrogens is 232 g/mol. The number of nitrogens with two attached hydrogens (primary N) is 1. The molecule has 1 rings (SSSR count). The number of aliphatic hydroxyl groups excluding tert-OH is 1. The van der Waals surface area contributed by atoms with Crippen LogP contribution in [0.2, 0.25) is 0 Å². The lowest BCUT2D eigenvalue weighted by atomic mass is 10.1. The van der Waals surface area contributed by atoms with Crippen LogP contribution >= 0.6 is 0 Å². The van der Waals surface area contributed by atoms with Gasteiger partial charge in [0.15, 0.2) is 0 Å². The lowest BCUT2D eigenvalue weighted by Crippen LogP contribution is -2.50. The van der Waals surface area contributed by atoms with E-state index < -0.39 is 18.1 Å². The molecule has 5 nitrogen and oxygen atoms in total. The van der Waals surface area contributed by atoms with E-state index in [9.17, 15) is 14.7 Å². The van der Waals surface area contributed by atoms with Gasteiger partial charge in [0.1, 0.15) is 6.04 Å². The molecule has 0 aromatic heterocycles. The summed E-state index contributed by atoms with van der Waals surface area (Å²) in [6.07, 6.45) is -0.165. The third-order valence-electron chi connectivity index (χ3n) is 2.59. The van der Waals surface area contributed by atoms with Gasteiger partial charge in [0.25, 0.3) is 0 Å². The molecule has 0 aliphatic heterocycles. The van der Waals surface area contributed by atoms with E-state index in [2.05, 4.69) is 5.32 Å². The van der Waals surface area contributed by atoms with Gasteiger partial charge in [0.05, 0.1) is 6.10 Å². The van der Waals surface area contributed by atoms with Crippen molar-refractivity contribution in [1.29, 1.82) is 0 Å². The fraction of sp³-hybridized carbons (Fsp3) is 0.385. The van der Waals surface area contributed by atoms with Gasteiger partial charge in [0.2, 0.25) is 11.8 Å². The first kappa shape index (κ1) is 14.2. The maximum atomic E-state index is 11.6. The molecule has 0 aliphatic rings. The van der Waals surface area contributed by atoms with Gasteiger partial charge in [-0.05, 0) is 18.9 Å². The molecule has 98 valence electrons. The van der Waals surface area contributed by atoms with E-state index >= 15 is 0 Å². The molecule has 0 saturated heterocycles. The first-order valence-corrected chi connectivity index (χ1v) is 5.81. The summed E-state index contributed by atoms with van der Waals surface area (Å²) in [5.74, 6) is -1.04. The summed E-state index contributed by atoms with van der Waals surface area (Å²) in [6.45, 7) is 1.41. The van der Waals surface area contributed by atoms with Crippen LogP contribution in [0.4, 0.5) is 0 Å². The second kappa shape index (κ2) is 6.76. The second-order valence-corrected chi connectivity index (χ2v) is 4.17. The van der Waals surface area contributed by atoms with Crippen molar-refractivity contribution in [3.63, 3.8) is 0 Å². The monoisotopic (exact) mass is 250 g/mol. The molecule has 5 heteroatoms. The lowest BCUT2D eigenvalue weighted by Gasteiger charge is -2.17. The van der Waals surface area contributed by atoms with E-state index in [0.29, 0.717) is 6.42 Å². The molecule has 1 aromatic carbocycles. The van der Waals surface area contributed by atoms with E-state index in [1.54, 1.807) is 0 Å². The maximum Gasteiger partial charge on any atom is 0.242 e. The lowest BCUT2D eigenvalue weighted by molar-refractivity contribution is -0.129. The van der Waals surface area contributed by atoms with Gasteiger partial charge < -0.3 is 16.2 Å². The summed E-state index contributed by atoms with van der Waals surface area (Å²) >= 11 is 0. The molecule has 0 bridgehead atoms. The summed E-state index contributed by atoms with van der Waals surface area (Å²) in [5.41, 5.74) is 6.12. The molecule has 1 aromatic rings. The Hall–Kier alpha value is -1.88. The van der Waals surface area contributed by atoms with Crippen LogP contribution in [0.5, 0.6) is 0 Å². The quantitative estimate of drug-likeness (QED) is 0.662. The highest BCUT2D eigenvalue weighted by Crippen LogP contribution is 2.02. The number of hydrogen-bond donors (Lipinski definition) is 3. The Morgan fingerprint density at radius 1 is 1.33 bits per heavy atom. The predicted octanol–water partition coefficient (Wildman–Crippen LogP) is -0.0299. The van der Waals surface area contributed by atoms with Crippen molar-refractivity contribution in [3.05, 3.63) is 35.9 Å². The number of aliphatic hydroxyl groups is 1. The molecular formula is C13H18N2O3. The van der Waals surface area contributed by atoms with Crippen molar-refractivity contribution >= 4 is 11.8 Å². The number of amides is 2. The number of carbonyl (C=O) groups is 2. The summed E-state index contributed by atoms with van der Waals surface area (Å²) in [7, 11) is 0. The smallest absolute Gasteiger partial charge is 0.242 e. The fourth-order valence-corrected chi connectivity index (χ4v) is 1.58. The first-order valence-electron chi connectivity index (χ1n) is 5.81. The van der Waals surface area contributed by atoms with E-state index in [1.165, 1.54) is 6.92 Å². The zero-order chi connectivity index (χ0) is 13.5.